The molecular formula is C9H9ClF2. The van der Waals surface area contributed by atoms with Gasteiger partial charge in [-0.15, -0.1) is 0 Å². The van der Waals surface area contributed by atoms with Gasteiger partial charge in [0.15, 0.2) is 0 Å². The van der Waals surface area contributed by atoms with Crippen LogP contribution in [0, 0.1) is 0 Å². The van der Waals surface area contributed by atoms with Crippen molar-refractivity contribution in [3.8, 4) is 0 Å². The van der Waals surface area contributed by atoms with Crippen LogP contribution in [0.15, 0.2) is 18.2 Å². The average molecular weight is 191 g/mol. The number of benzene rings is 1. The summed E-state index contributed by atoms with van der Waals surface area (Å²) in [5.41, 5.74) is 0.708. The number of rotatable bonds is 2. The van der Waals surface area contributed by atoms with Crippen LogP contribution in [-0.2, 0) is 6.42 Å². The lowest BCUT2D eigenvalue weighted by molar-refractivity contribution is 0.150. The highest BCUT2D eigenvalue weighted by Gasteiger charge is 2.11. The summed E-state index contributed by atoms with van der Waals surface area (Å²) in [5, 5.41) is 0.510. The first-order valence-electron chi connectivity index (χ1n) is 3.71. The summed E-state index contributed by atoms with van der Waals surface area (Å²) in [5.74, 6) is 0. The molecule has 12 heavy (non-hydrogen) atoms. The van der Waals surface area contributed by atoms with Gasteiger partial charge in [0.2, 0.25) is 0 Å². The van der Waals surface area contributed by atoms with Crippen LogP contribution in [0.3, 0.4) is 0 Å². The SMILES string of the molecule is CCc1cc(Cl)ccc1C(F)F. The Bertz CT molecular complexity index is 271. The van der Waals surface area contributed by atoms with E-state index in [1.165, 1.54) is 12.1 Å². The van der Waals surface area contributed by atoms with Crippen molar-refractivity contribution in [2.75, 3.05) is 0 Å². The molecule has 0 amide bonds. The van der Waals surface area contributed by atoms with Crippen LogP contribution in [0.4, 0.5) is 8.78 Å². The second kappa shape index (κ2) is 3.85. The molecule has 0 aromatic heterocycles. The number of alkyl halides is 2. The molecule has 0 heterocycles. The molecule has 66 valence electrons. The van der Waals surface area contributed by atoms with Crippen LogP contribution in [0.2, 0.25) is 5.02 Å². The van der Waals surface area contributed by atoms with Gasteiger partial charge in [0.25, 0.3) is 6.43 Å². The van der Waals surface area contributed by atoms with Crippen LogP contribution >= 0.6 is 11.6 Å². The van der Waals surface area contributed by atoms with E-state index in [9.17, 15) is 8.78 Å². The van der Waals surface area contributed by atoms with E-state index in [0.717, 1.165) is 0 Å². The molecule has 0 spiro atoms. The molecular weight excluding hydrogens is 182 g/mol. The first kappa shape index (κ1) is 9.46. The van der Waals surface area contributed by atoms with E-state index in [0.29, 0.717) is 17.0 Å². The number of aryl methyl sites for hydroxylation is 1. The molecule has 0 fully saturated rings. The largest absolute Gasteiger partial charge is 0.264 e. The fourth-order valence-electron chi connectivity index (χ4n) is 1.09. The predicted molar refractivity (Wildman–Crippen MR) is 45.8 cm³/mol. The molecule has 1 aromatic carbocycles. The minimum atomic E-state index is -2.41. The van der Waals surface area contributed by atoms with E-state index in [4.69, 9.17) is 11.6 Å². The number of hydrogen-bond donors (Lipinski definition) is 0. The maximum Gasteiger partial charge on any atom is 0.264 e. The van der Waals surface area contributed by atoms with E-state index in [1.54, 1.807) is 6.07 Å². The number of hydrogen-bond acceptors (Lipinski definition) is 0. The van der Waals surface area contributed by atoms with Crippen molar-refractivity contribution in [1.29, 1.82) is 0 Å². The first-order valence-corrected chi connectivity index (χ1v) is 4.09. The van der Waals surface area contributed by atoms with Crippen molar-refractivity contribution in [3.63, 3.8) is 0 Å². The summed E-state index contributed by atoms with van der Waals surface area (Å²) >= 11 is 5.66. The maximum absolute atomic E-state index is 12.3. The van der Waals surface area contributed by atoms with Crippen LogP contribution < -0.4 is 0 Å². The van der Waals surface area contributed by atoms with Gasteiger partial charge in [0, 0.05) is 10.6 Å². The zero-order valence-electron chi connectivity index (χ0n) is 6.65. The zero-order chi connectivity index (χ0) is 9.14. The molecule has 0 radical (unpaired) electrons. The highest BCUT2D eigenvalue weighted by molar-refractivity contribution is 6.30. The molecule has 1 aromatic rings. The van der Waals surface area contributed by atoms with E-state index >= 15 is 0 Å². The van der Waals surface area contributed by atoms with E-state index in [2.05, 4.69) is 0 Å². The molecule has 0 N–H and O–H groups in total. The second-order valence-electron chi connectivity index (χ2n) is 2.50. The summed E-state index contributed by atoms with van der Waals surface area (Å²) in [6.45, 7) is 1.83. The second-order valence-corrected chi connectivity index (χ2v) is 2.93. The van der Waals surface area contributed by atoms with Crippen LogP contribution in [0.1, 0.15) is 24.5 Å². The quantitative estimate of drug-likeness (QED) is 0.665. The highest BCUT2D eigenvalue weighted by atomic mass is 35.5. The molecule has 3 heteroatoms. The van der Waals surface area contributed by atoms with Crippen molar-refractivity contribution in [3.05, 3.63) is 34.3 Å². The molecule has 0 aliphatic heterocycles. The minimum Gasteiger partial charge on any atom is -0.205 e. The molecule has 0 aliphatic carbocycles. The lowest BCUT2D eigenvalue weighted by Gasteiger charge is -2.06. The Morgan fingerprint density at radius 1 is 1.42 bits per heavy atom. The Hall–Kier alpha value is -0.630. The van der Waals surface area contributed by atoms with E-state index in [1.807, 2.05) is 6.92 Å². The third kappa shape index (κ3) is 1.95. The summed E-state index contributed by atoms with van der Waals surface area (Å²) in [6, 6.07) is 4.46. The highest BCUT2D eigenvalue weighted by Crippen LogP contribution is 2.25. The Morgan fingerprint density at radius 2 is 2.08 bits per heavy atom. The van der Waals surface area contributed by atoms with Gasteiger partial charge in [0.05, 0.1) is 0 Å². The molecule has 0 unspecified atom stereocenters. The molecule has 0 atom stereocenters. The van der Waals surface area contributed by atoms with Crippen LogP contribution in [-0.4, -0.2) is 0 Å². The van der Waals surface area contributed by atoms with Gasteiger partial charge in [-0.05, 0) is 24.1 Å². The van der Waals surface area contributed by atoms with Gasteiger partial charge in [-0.25, -0.2) is 8.78 Å². The van der Waals surface area contributed by atoms with E-state index < -0.39 is 6.43 Å². The molecule has 0 aliphatic rings. The topological polar surface area (TPSA) is 0 Å². The third-order valence-corrected chi connectivity index (χ3v) is 1.96. The Balaban J connectivity index is 3.11. The van der Waals surface area contributed by atoms with Crippen molar-refractivity contribution in [2.45, 2.75) is 19.8 Å². The number of halogens is 3. The fourth-order valence-corrected chi connectivity index (χ4v) is 1.29. The fraction of sp³-hybridized carbons (Fsp3) is 0.333. The van der Waals surface area contributed by atoms with Gasteiger partial charge < -0.3 is 0 Å². The summed E-state index contributed by atoms with van der Waals surface area (Å²) in [7, 11) is 0. The minimum absolute atomic E-state index is 0.0851. The third-order valence-electron chi connectivity index (χ3n) is 1.72. The lowest BCUT2D eigenvalue weighted by atomic mass is 10.1. The van der Waals surface area contributed by atoms with Gasteiger partial charge in [0.1, 0.15) is 0 Å². The van der Waals surface area contributed by atoms with Crippen molar-refractivity contribution in [1.82, 2.24) is 0 Å². The monoisotopic (exact) mass is 190 g/mol. The predicted octanol–water partition coefficient (Wildman–Crippen LogP) is 3.84. The zero-order valence-corrected chi connectivity index (χ0v) is 7.41. The Kier molecular flexibility index (Phi) is 3.04. The van der Waals surface area contributed by atoms with Crippen molar-refractivity contribution in [2.24, 2.45) is 0 Å². The molecule has 1 rings (SSSR count). The molecule has 0 saturated carbocycles. The van der Waals surface area contributed by atoms with Crippen molar-refractivity contribution < 1.29 is 8.78 Å². The maximum atomic E-state index is 12.3. The van der Waals surface area contributed by atoms with E-state index in [-0.39, 0.29) is 5.56 Å². The van der Waals surface area contributed by atoms with Gasteiger partial charge >= 0.3 is 0 Å². The summed E-state index contributed by atoms with van der Waals surface area (Å²) < 4.78 is 24.6. The van der Waals surface area contributed by atoms with Crippen molar-refractivity contribution >= 4 is 11.6 Å². The molecule has 0 bridgehead atoms. The van der Waals surface area contributed by atoms with Crippen LogP contribution in [0.25, 0.3) is 0 Å². The smallest absolute Gasteiger partial charge is 0.205 e. The Labute approximate surface area is 75.2 Å². The standard InChI is InChI=1S/C9H9ClF2/c1-2-6-5-7(10)3-4-8(6)9(11)12/h3-5,9H,2H2,1H3. The first-order chi connectivity index (χ1) is 5.65. The Morgan fingerprint density at radius 3 is 2.58 bits per heavy atom. The van der Waals surface area contributed by atoms with Gasteiger partial charge in [-0.3, -0.25) is 0 Å². The molecule has 0 saturated heterocycles. The lowest BCUT2D eigenvalue weighted by Crippen LogP contribution is -1.92. The van der Waals surface area contributed by atoms with Crippen LogP contribution in [0.5, 0.6) is 0 Å². The van der Waals surface area contributed by atoms with Gasteiger partial charge in [-0.1, -0.05) is 24.6 Å². The van der Waals surface area contributed by atoms with Gasteiger partial charge in [-0.2, -0.15) is 0 Å². The summed E-state index contributed by atoms with van der Waals surface area (Å²) in [6.07, 6.45) is -1.82. The average Bonchev–Trinajstić information content (AvgIpc) is 2.03. The molecule has 0 nitrogen and oxygen atoms in total. The normalized spacial score (nSPS) is 10.8. The summed E-state index contributed by atoms with van der Waals surface area (Å²) in [4.78, 5) is 0.